The summed E-state index contributed by atoms with van der Waals surface area (Å²) in [6.07, 6.45) is 17.9. The first kappa shape index (κ1) is 14.3. The molecule has 0 N–H and O–H groups in total. The van der Waals surface area contributed by atoms with Gasteiger partial charge in [-0.3, -0.25) is 0 Å². The second-order valence-corrected chi connectivity index (χ2v) is 9.17. The maximum atomic E-state index is 5.09. The Bertz CT molecular complexity index is 256. The Balaban J connectivity index is 1.65. The highest BCUT2D eigenvalue weighted by Gasteiger charge is 2.38. The van der Waals surface area contributed by atoms with Gasteiger partial charge in [0.2, 0.25) is 0 Å². The summed E-state index contributed by atoms with van der Waals surface area (Å²) in [5, 5.41) is 0. The summed E-state index contributed by atoms with van der Waals surface area (Å²) in [5.74, 6) is 4.09. The molecule has 0 spiro atoms. The van der Waals surface area contributed by atoms with Crippen molar-refractivity contribution in [1.29, 1.82) is 0 Å². The molecule has 0 saturated heterocycles. The molecule has 110 valence electrons. The molecule has 2 atom stereocenters. The van der Waals surface area contributed by atoms with Crippen molar-refractivity contribution in [3.8, 4) is 0 Å². The SMILES string of the molecule is CC1(S)CC(C2CCCC2)CCC(C2CCCC2)C1. The molecule has 0 radical (unpaired) electrons. The molecule has 0 aromatic carbocycles. The Kier molecular flexibility index (Phi) is 4.51. The van der Waals surface area contributed by atoms with Crippen LogP contribution in [0.2, 0.25) is 0 Å². The van der Waals surface area contributed by atoms with E-state index in [0.29, 0.717) is 4.75 Å². The summed E-state index contributed by atoms with van der Waals surface area (Å²) in [7, 11) is 0. The van der Waals surface area contributed by atoms with Gasteiger partial charge in [-0.25, -0.2) is 0 Å². The summed E-state index contributed by atoms with van der Waals surface area (Å²) in [6, 6.07) is 0. The van der Waals surface area contributed by atoms with E-state index in [0.717, 1.165) is 23.7 Å². The molecule has 3 fully saturated rings. The van der Waals surface area contributed by atoms with Gasteiger partial charge >= 0.3 is 0 Å². The summed E-state index contributed by atoms with van der Waals surface area (Å²) in [5.41, 5.74) is 0. The first-order valence-electron chi connectivity index (χ1n) is 8.86. The van der Waals surface area contributed by atoms with Gasteiger partial charge in [0.05, 0.1) is 0 Å². The maximum Gasteiger partial charge on any atom is 0.0107 e. The van der Waals surface area contributed by atoms with Crippen molar-refractivity contribution in [3.63, 3.8) is 0 Å². The average Bonchev–Trinajstić information content (AvgIpc) is 3.02. The molecule has 3 rings (SSSR count). The van der Waals surface area contributed by atoms with E-state index in [1.807, 2.05) is 0 Å². The molecule has 0 aromatic heterocycles. The van der Waals surface area contributed by atoms with Crippen LogP contribution in [-0.4, -0.2) is 4.75 Å². The zero-order valence-electron chi connectivity index (χ0n) is 12.7. The first-order chi connectivity index (χ1) is 9.14. The Morgan fingerprint density at radius 2 is 1.00 bits per heavy atom. The van der Waals surface area contributed by atoms with Crippen LogP contribution in [-0.2, 0) is 0 Å². The molecule has 3 saturated carbocycles. The van der Waals surface area contributed by atoms with Crippen LogP contribution >= 0.6 is 12.6 Å². The predicted molar refractivity (Wildman–Crippen MR) is 86.8 cm³/mol. The fourth-order valence-electron chi connectivity index (χ4n) is 5.51. The summed E-state index contributed by atoms with van der Waals surface area (Å²) < 4.78 is 0.316. The molecule has 0 nitrogen and oxygen atoms in total. The summed E-state index contributed by atoms with van der Waals surface area (Å²) in [4.78, 5) is 0. The highest BCUT2D eigenvalue weighted by Crippen LogP contribution is 2.48. The summed E-state index contributed by atoms with van der Waals surface area (Å²) >= 11 is 5.09. The van der Waals surface area contributed by atoms with Crippen LogP contribution in [0.3, 0.4) is 0 Å². The third-order valence-corrected chi connectivity index (χ3v) is 6.81. The maximum absolute atomic E-state index is 5.09. The van der Waals surface area contributed by atoms with Gasteiger partial charge in [0.1, 0.15) is 0 Å². The lowest BCUT2D eigenvalue weighted by molar-refractivity contribution is 0.276. The lowest BCUT2D eigenvalue weighted by atomic mass is 9.82. The molecule has 0 aromatic rings. The van der Waals surface area contributed by atoms with Gasteiger partial charge in [0, 0.05) is 4.75 Å². The van der Waals surface area contributed by atoms with E-state index >= 15 is 0 Å². The van der Waals surface area contributed by atoms with Crippen LogP contribution in [0.15, 0.2) is 0 Å². The monoisotopic (exact) mass is 280 g/mol. The van der Waals surface area contributed by atoms with Crippen molar-refractivity contribution in [3.05, 3.63) is 0 Å². The summed E-state index contributed by atoms with van der Waals surface area (Å²) in [6.45, 7) is 2.44. The lowest BCUT2D eigenvalue weighted by Crippen LogP contribution is -2.25. The molecule has 3 aliphatic carbocycles. The Morgan fingerprint density at radius 1 is 0.632 bits per heavy atom. The molecule has 1 heteroatoms. The van der Waals surface area contributed by atoms with Crippen molar-refractivity contribution in [1.82, 2.24) is 0 Å². The van der Waals surface area contributed by atoms with Gasteiger partial charge in [-0.05, 0) is 49.4 Å². The highest BCUT2D eigenvalue weighted by atomic mass is 32.1. The third-order valence-electron chi connectivity index (χ3n) is 6.45. The molecule has 0 heterocycles. The minimum absolute atomic E-state index is 0.316. The van der Waals surface area contributed by atoms with Gasteiger partial charge < -0.3 is 0 Å². The standard InChI is InChI=1S/C18H32S/c1-18(19)12-16(14-6-2-3-7-14)10-11-17(13-18)15-8-4-5-9-15/h14-17,19H,2-13H2,1H3. The van der Waals surface area contributed by atoms with Crippen LogP contribution in [0.1, 0.15) is 84.0 Å². The van der Waals surface area contributed by atoms with Gasteiger partial charge in [-0.1, -0.05) is 58.3 Å². The highest BCUT2D eigenvalue weighted by molar-refractivity contribution is 7.81. The van der Waals surface area contributed by atoms with Gasteiger partial charge in [0.25, 0.3) is 0 Å². The second-order valence-electron chi connectivity index (χ2n) is 8.09. The molecule has 3 aliphatic rings. The van der Waals surface area contributed by atoms with Crippen LogP contribution in [0.4, 0.5) is 0 Å². The van der Waals surface area contributed by atoms with Crippen molar-refractivity contribution in [2.45, 2.75) is 88.7 Å². The minimum Gasteiger partial charge on any atom is -0.173 e. The first-order valence-corrected chi connectivity index (χ1v) is 9.31. The molecule has 0 aliphatic heterocycles. The molecule has 2 unspecified atom stereocenters. The van der Waals surface area contributed by atoms with Crippen molar-refractivity contribution in [2.24, 2.45) is 23.7 Å². The van der Waals surface area contributed by atoms with Crippen molar-refractivity contribution in [2.75, 3.05) is 0 Å². The number of rotatable bonds is 2. The van der Waals surface area contributed by atoms with E-state index in [-0.39, 0.29) is 0 Å². The van der Waals surface area contributed by atoms with Crippen LogP contribution < -0.4 is 0 Å². The van der Waals surface area contributed by atoms with E-state index in [1.54, 1.807) is 0 Å². The Morgan fingerprint density at radius 3 is 1.37 bits per heavy atom. The Hall–Kier alpha value is 0.350. The van der Waals surface area contributed by atoms with Crippen molar-refractivity contribution < 1.29 is 0 Å². The van der Waals surface area contributed by atoms with E-state index < -0.39 is 0 Å². The topological polar surface area (TPSA) is 0 Å². The third kappa shape index (κ3) is 3.52. The minimum atomic E-state index is 0.316. The van der Waals surface area contributed by atoms with Crippen LogP contribution in [0.25, 0.3) is 0 Å². The van der Waals surface area contributed by atoms with Gasteiger partial charge in [-0.15, -0.1) is 0 Å². The smallest absolute Gasteiger partial charge is 0.0107 e. The number of thiol groups is 1. The number of hydrogen-bond acceptors (Lipinski definition) is 1. The number of hydrogen-bond donors (Lipinski definition) is 1. The van der Waals surface area contributed by atoms with E-state index in [1.165, 1.54) is 77.0 Å². The molecular formula is C18H32S. The molecule has 0 amide bonds. The molecule has 0 bridgehead atoms. The molecule has 19 heavy (non-hydrogen) atoms. The zero-order valence-corrected chi connectivity index (χ0v) is 13.6. The van der Waals surface area contributed by atoms with Crippen molar-refractivity contribution >= 4 is 12.6 Å². The van der Waals surface area contributed by atoms with Gasteiger partial charge in [0.15, 0.2) is 0 Å². The Labute approximate surface area is 125 Å². The largest absolute Gasteiger partial charge is 0.173 e. The second kappa shape index (κ2) is 6.00. The fourth-order valence-corrected chi connectivity index (χ4v) is 5.98. The molecular weight excluding hydrogens is 248 g/mol. The van der Waals surface area contributed by atoms with E-state index in [9.17, 15) is 0 Å². The van der Waals surface area contributed by atoms with E-state index in [2.05, 4.69) is 6.92 Å². The quantitative estimate of drug-likeness (QED) is 0.475. The van der Waals surface area contributed by atoms with Gasteiger partial charge in [-0.2, -0.15) is 12.6 Å². The zero-order chi connectivity index (χ0) is 13.3. The average molecular weight is 281 g/mol. The van der Waals surface area contributed by atoms with E-state index in [4.69, 9.17) is 12.6 Å². The normalized spacial score (nSPS) is 42.6. The fraction of sp³-hybridized carbons (Fsp3) is 1.00. The van der Waals surface area contributed by atoms with Crippen LogP contribution in [0, 0.1) is 23.7 Å². The lowest BCUT2D eigenvalue weighted by Gasteiger charge is -2.31. The van der Waals surface area contributed by atoms with Crippen LogP contribution in [0.5, 0.6) is 0 Å². The predicted octanol–water partition coefficient (Wildman–Crippen LogP) is 5.86.